The summed E-state index contributed by atoms with van der Waals surface area (Å²) < 4.78 is 1.11. The minimum atomic E-state index is 0.0908. The molecular weight excluding hydrogens is 444 g/mol. The van der Waals surface area contributed by atoms with Gasteiger partial charge in [-0.05, 0) is 79.0 Å². The molecule has 174 valence electrons. The van der Waals surface area contributed by atoms with Gasteiger partial charge in [-0.25, -0.2) is 9.97 Å². The van der Waals surface area contributed by atoms with E-state index in [-0.39, 0.29) is 5.91 Å². The third-order valence-electron chi connectivity index (χ3n) is 6.05. The average Bonchev–Trinajstić information content (AvgIpc) is 3.29. The highest BCUT2D eigenvalue weighted by Crippen LogP contribution is 2.31. The molecule has 0 saturated carbocycles. The van der Waals surface area contributed by atoms with Crippen LogP contribution < -0.4 is 10.6 Å². The number of fused-ring (bicyclic) bond motifs is 1. The van der Waals surface area contributed by atoms with Gasteiger partial charge in [0.1, 0.15) is 5.82 Å². The number of carbonyl (C=O) groups excluding carboxylic acids is 1. The molecule has 2 N–H and O–H groups in total. The normalized spacial score (nSPS) is 14.2. The predicted octanol–water partition coefficient (Wildman–Crippen LogP) is 4.99. The number of pyridine rings is 2. The molecule has 0 bridgehead atoms. The summed E-state index contributed by atoms with van der Waals surface area (Å²) in [4.78, 5) is 27.9. The van der Waals surface area contributed by atoms with Crippen LogP contribution in [-0.2, 0) is 11.3 Å². The summed E-state index contributed by atoms with van der Waals surface area (Å²) in [6.45, 7) is 3.56. The summed E-state index contributed by atoms with van der Waals surface area (Å²) in [5, 5.41) is 7.14. The van der Waals surface area contributed by atoms with E-state index in [0.29, 0.717) is 18.8 Å². The van der Waals surface area contributed by atoms with E-state index in [4.69, 9.17) is 4.98 Å². The average molecular weight is 473 g/mol. The third kappa shape index (κ3) is 5.76. The smallest absolute Gasteiger partial charge is 0.221 e. The highest BCUT2D eigenvalue weighted by Gasteiger charge is 2.12. The van der Waals surface area contributed by atoms with Crippen molar-refractivity contribution in [3.05, 3.63) is 66.6 Å². The van der Waals surface area contributed by atoms with E-state index in [0.717, 1.165) is 51.7 Å². The minimum Gasteiger partial charge on any atom is -0.352 e. The lowest BCUT2D eigenvalue weighted by Crippen LogP contribution is -2.34. The van der Waals surface area contributed by atoms with Crippen LogP contribution in [-0.4, -0.2) is 45.4 Å². The second kappa shape index (κ2) is 10.7. The molecule has 1 aliphatic heterocycles. The van der Waals surface area contributed by atoms with Crippen LogP contribution in [0, 0.1) is 0 Å². The highest BCUT2D eigenvalue weighted by atomic mass is 32.1. The molecule has 0 spiro atoms. The van der Waals surface area contributed by atoms with Gasteiger partial charge >= 0.3 is 0 Å². The molecule has 0 aliphatic carbocycles. The van der Waals surface area contributed by atoms with Gasteiger partial charge in [0.25, 0.3) is 0 Å². The van der Waals surface area contributed by atoms with Gasteiger partial charge in [-0.2, -0.15) is 0 Å². The summed E-state index contributed by atoms with van der Waals surface area (Å²) in [5.74, 6) is 0.807. The molecule has 1 aliphatic rings. The number of thiazole rings is 1. The Morgan fingerprint density at radius 3 is 2.68 bits per heavy atom. The van der Waals surface area contributed by atoms with Crippen molar-refractivity contribution in [3.63, 3.8) is 0 Å². The van der Waals surface area contributed by atoms with Gasteiger partial charge in [0, 0.05) is 38.1 Å². The van der Waals surface area contributed by atoms with Crippen LogP contribution in [0.3, 0.4) is 0 Å². The van der Waals surface area contributed by atoms with E-state index in [9.17, 15) is 4.79 Å². The third-order valence-corrected chi connectivity index (χ3v) is 6.99. The van der Waals surface area contributed by atoms with Crippen LogP contribution in [0.25, 0.3) is 21.3 Å². The Morgan fingerprint density at radius 1 is 0.971 bits per heavy atom. The summed E-state index contributed by atoms with van der Waals surface area (Å²) in [6.07, 6.45) is 9.70. The van der Waals surface area contributed by atoms with E-state index < -0.39 is 0 Å². The van der Waals surface area contributed by atoms with Crippen LogP contribution in [0.5, 0.6) is 0 Å². The standard InChI is InChI=1S/C26H28N6OS/c33-25(9-15-32-13-2-1-3-14-32)29-18-19-6-12-28-24(16-19)31-26-30-22-5-4-21(17-23(22)34-26)20-7-10-27-11-8-20/h4-8,10-12,16-17H,1-3,9,13-15,18H2,(H,29,33)(H,28,30,31). The number of amides is 1. The van der Waals surface area contributed by atoms with Gasteiger partial charge in [0.2, 0.25) is 5.91 Å². The lowest BCUT2D eigenvalue weighted by molar-refractivity contribution is -0.121. The van der Waals surface area contributed by atoms with E-state index in [2.05, 4.69) is 37.6 Å². The molecule has 0 unspecified atom stereocenters. The topological polar surface area (TPSA) is 83.0 Å². The molecule has 8 heteroatoms. The molecule has 34 heavy (non-hydrogen) atoms. The molecule has 0 atom stereocenters. The summed E-state index contributed by atoms with van der Waals surface area (Å²) in [7, 11) is 0. The van der Waals surface area contributed by atoms with Gasteiger partial charge in [0.15, 0.2) is 5.13 Å². The number of anilines is 2. The molecule has 7 nitrogen and oxygen atoms in total. The van der Waals surface area contributed by atoms with Gasteiger partial charge in [-0.15, -0.1) is 0 Å². The quantitative estimate of drug-likeness (QED) is 0.376. The number of likely N-dealkylation sites (tertiary alicyclic amines) is 1. The number of hydrogen-bond acceptors (Lipinski definition) is 7. The summed E-state index contributed by atoms with van der Waals surface area (Å²) in [5.41, 5.74) is 4.22. The van der Waals surface area contributed by atoms with Crippen LogP contribution >= 0.6 is 11.3 Å². The van der Waals surface area contributed by atoms with E-state index in [1.54, 1.807) is 29.9 Å². The molecule has 1 amide bonds. The van der Waals surface area contributed by atoms with Crippen molar-refractivity contribution in [2.24, 2.45) is 0 Å². The second-order valence-electron chi connectivity index (χ2n) is 8.54. The van der Waals surface area contributed by atoms with Crippen molar-refractivity contribution in [2.75, 3.05) is 25.0 Å². The fourth-order valence-electron chi connectivity index (χ4n) is 4.20. The molecular formula is C26H28N6OS. The Kier molecular flexibility index (Phi) is 7.07. The fraction of sp³-hybridized carbons (Fsp3) is 0.308. The van der Waals surface area contributed by atoms with Crippen molar-refractivity contribution >= 4 is 38.4 Å². The number of aromatic nitrogens is 3. The first-order valence-corrected chi connectivity index (χ1v) is 12.6. The Labute approximate surface area is 203 Å². The Bertz CT molecular complexity index is 1250. The number of carbonyl (C=O) groups is 1. The molecule has 4 heterocycles. The Balaban J connectivity index is 1.18. The zero-order valence-corrected chi connectivity index (χ0v) is 19.9. The van der Waals surface area contributed by atoms with Gasteiger partial charge in [-0.1, -0.05) is 23.8 Å². The number of hydrogen-bond donors (Lipinski definition) is 2. The second-order valence-corrected chi connectivity index (χ2v) is 9.57. The maximum atomic E-state index is 12.3. The van der Waals surface area contributed by atoms with Crippen LogP contribution in [0.1, 0.15) is 31.2 Å². The lowest BCUT2D eigenvalue weighted by atomic mass is 10.1. The van der Waals surface area contributed by atoms with Gasteiger partial charge < -0.3 is 15.5 Å². The largest absolute Gasteiger partial charge is 0.352 e. The predicted molar refractivity (Wildman–Crippen MR) is 137 cm³/mol. The van der Waals surface area contributed by atoms with Gasteiger partial charge in [0.05, 0.1) is 10.2 Å². The zero-order chi connectivity index (χ0) is 23.2. The van der Waals surface area contributed by atoms with E-state index >= 15 is 0 Å². The van der Waals surface area contributed by atoms with Crippen LogP contribution in [0.15, 0.2) is 61.1 Å². The Hall–Kier alpha value is -3.36. The first-order chi connectivity index (χ1) is 16.7. The highest BCUT2D eigenvalue weighted by molar-refractivity contribution is 7.22. The molecule has 3 aromatic heterocycles. The first-order valence-electron chi connectivity index (χ1n) is 11.7. The number of rotatable bonds is 8. The molecule has 0 radical (unpaired) electrons. The van der Waals surface area contributed by atoms with Crippen molar-refractivity contribution in [1.29, 1.82) is 0 Å². The summed E-state index contributed by atoms with van der Waals surface area (Å²) in [6, 6.07) is 14.2. The lowest BCUT2D eigenvalue weighted by Gasteiger charge is -2.25. The van der Waals surface area contributed by atoms with E-state index in [1.807, 2.05) is 30.3 Å². The van der Waals surface area contributed by atoms with E-state index in [1.165, 1.54) is 19.3 Å². The van der Waals surface area contributed by atoms with Crippen molar-refractivity contribution < 1.29 is 4.79 Å². The first kappa shape index (κ1) is 22.4. The number of piperidine rings is 1. The van der Waals surface area contributed by atoms with Crippen molar-refractivity contribution in [3.8, 4) is 11.1 Å². The molecule has 1 aromatic carbocycles. The molecule has 5 rings (SSSR count). The van der Waals surface area contributed by atoms with Crippen molar-refractivity contribution in [2.45, 2.75) is 32.2 Å². The Morgan fingerprint density at radius 2 is 1.82 bits per heavy atom. The van der Waals surface area contributed by atoms with Crippen LogP contribution in [0.2, 0.25) is 0 Å². The fourth-order valence-corrected chi connectivity index (χ4v) is 5.11. The van der Waals surface area contributed by atoms with Gasteiger partial charge in [-0.3, -0.25) is 9.78 Å². The minimum absolute atomic E-state index is 0.0908. The maximum Gasteiger partial charge on any atom is 0.221 e. The number of nitrogens with zero attached hydrogens (tertiary/aromatic N) is 4. The molecule has 4 aromatic rings. The maximum absolute atomic E-state index is 12.3. The number of benzene rings is 1. The van der Waals surface area contributed by atoms with Crippen molar-refractivity contribution in [1.82, 2.24) is 25.2 Å². The zero-order valence-electron chi connectivity index (χ0n) is 19.0. The SMILES string of the molecule is O=C(CCN1CCCCC1)NCc1ccnc(Nc2nc3ccc(-c4ccncc4)cc3s2)c1. The monoisotopic (exact) mass is 472 g/mol. The molecule has 1 saturated heterocycles. The molecule has 1 fully saturated rings. The van der Waals surface area contributed by atoms with Crippen LogP contribution in [0.4, 0.5) is 10.9 Å². The number of nitrogens with one attached hydrogen (secondary N) is 2. The summed E-state index contributed by atoms with van der Waals surface area (Å²) >= 11 is 1.59.